The number of carbonyl (C=O) groups excluding carboxylic acids is 2. The number of rotatable bonds is 7. The van der Waals surface area contributed by atoms with Crippen molar-refractivity contribution in [1.29, 1.82) is 0 Å². The lowest BCUT2D eigenvalue weighted by Crippen LogP contribution is -2.44. The summed E-state index contributed by atoms with van der Waals surface area (Å²) < 4.78 is 5.53. The molecule has 1 aliphatic rings. The van der Waals surface area contributed by atoms with E-state index in [2.05, 4.69) is 10.6 Å². The Kier molecular flexibility index (Phi) is 7.10. The Morgan fingerprint density at radius 3 is 2.56 bits per heavy atom. The van der Waals surface area contributed by atoms with Crippen LogP contribution < -0.4 is 15.4 Å². The second-order valence-corrected chi connectivity index (χ2v) is 7.60. The normalized spacial score (nSPS) is 14.6. The zero-order valence-corrected chi connectivity index (χ0v) is 16.0. The highest BCUT2D eigenvalue weighted by Crippen LogP contribution is 2.17. The molecule has 0 saturated carbocycles. The van der Waals surface area contributed by atoms with Crippen molar-refractivity contribution >= 4 is 23.3 Å². The number of nitrogens with zero attached hydrogens (tertiary/aromatic N) is 1. The summed E-state index contributed by atoms with van der Waals surface area (Å²) in [5, 5.41) is 7.79. The summed E-state index contributed by atoms with van der Waals surface area (Å²) >= 11 is 1.63. The van der Waals surface area contributed by atoms with E-state index in [9.17, 15) is 9.59 Å². The number of amides is 3. The molecule has 27 heavy (non-hydrogen) atoms. The molecule has 0 radical (unpaired) electrons. The molecule has 2 N–H and O–H groups in total. The van der Waals surface area contributed by atoms with Crippen molar-refractivity contribution < 1.29 is 14.3 Å². The number of thiophene rings is 1. The number of carbonyl (C=O) groups is 2. The predicted molar refractivity (Wildman–Crippen MR) is 106 cm³/mol. The van der Waals surface area contributed by atoms with Crippen LogP contribution in [0.5, 0.6) is 5.75 Å². The van der Waals surface area contributed by atoms with Crippen LogP contribution in [0.1, 0.15) is 17.7 Å². The maximum atomic E-state index is 12.3. The molecule has 2 heterocycles. The smallest absolute Gasteiger partial charge is 0.315 e. The third kappa shape index (κ3) is 6.29. The summed E-state index contributed by atoms with van der Waals surface area (Å²) in [5.41, 5.74) is 0. The first-order chi connectivity index (χ1) is 13.2. The van der Waals surface area contributed by atoms with Crippen LogP contribution in [0.3, 0.4) is 0 Å². The second-order valence-electron chi connectivity index (χ2n) is 6.57. The van der Waals surface area contributed by atoms with Gasteiger partial charge in [0.15, 0.2) is 6.61 Å². The maximum absolute atomic E-state index is 12.3. The highest BCUT2D eigenvalue weighted by atomic mass is 32.1. The van der Waals surface area contributed by atoms with Crippen molar-refractivity contribution in [1.82, 2.24) is 15.5 Å². The predicted octanol–water partition coefficient (Wildman–Crippen LogP) is 2.86. The lowest BCUT2D eigenvalue weighted by atomic mass is 9.97. The van der Waals surface area contributed by atoms with Gasteiger partial charge in [-0.05, 0) is 42.3 Å². The highest BCUT2D eigenvalue weighted by Gasteiger charge is 2.23. The van der Waals surface area contributed by atoms with Gasteiger partial charge in [0.25, 0.3) is 5.91 Å². The van der Waals surface area contributed by atoms with Gasteiger partial charge in [0.2, 0.25) is 0 Å². The Balaban J connectivity index is 1.30. The van der Waals surface area contributed by atoms with Gasteiger partial charge >= 0.3 is 6.03 Å². The molecule has 0 unspecified atom stereocenters. The van der Waals surface area contributed by atoms with Crippen LogP contribution in [0.25, 0.3) is 0 Å². The van der Waals surface area contributed by atoms with E-state index in [0.29, 0.717) is 37.8 Å². The Bertz CT molecular complexity index is 713. The molecule has 0 atom stereocenters. The fourth-order valence-corrected chi connectivity index (χ4v) is 3.66. The number of likely N-dealkylation sites (tertiary alicyclic amines) is 1. The number of ether oxygens (including phenoxy) is 1. The quantitative estimate of drug-likeness (QED) is 0.767. The third-order valence-electron chi connectivity index (χ3n) is 4.63. The number of para-hydroxylation sites is 1. The standard InChI is InChI=1S/C20H25N3O3S/c24-19(15-26-17-5-2-1-3-6-17)23-10-8-16(9-11-23)13-21-20(25)22-14-18-7-4-12-27-18/h1-7,12,16H,8-11,13-15H2,(H2,21,22,25). The first kappa shape index (κ1) is 19.2. The summed E-state index contributed by atoms with van der Waals surface area (Å²) in [7, 11) is 0. The molecule has 7 heteroatoms. The molecule has 3 amide bonds. The van der Waals surface area contributed by atoms with E-state index in [1.165, 1.54) is 0 Å². The number of benzene rings is 1. The van der Waals surface area contributed by atoms with Crippen LogP contribution in [0.4, 0.5) is 4.79 Å². The molecule has 1 fully saturated rings. The highest BCUT2D eigenvalue weighted by molar-refractivity contribution is 7.09. The molecule has 0 spiro atoms. The fraction of sp³-hybridized carbons (Fsp3) is 0.400. The monoisotopic (exact) mass is 387 g/mol. The molecule has 0 bridgehead atoms. The minimum Gasteiger partial charge on any atom is -0.484 e. The molecule has 1 aliphatic heterocycles. The molecule has 1 saturated heterocycles. The van der Waals surface area contributed by atoms with E-state index in [-0.39, 0.29) is 18.5 Å². The van der Waals surface area contributed by atoms with Gasteiger partial charge < -0.3 is 20.3 Å². The Hall–Kier alpha value is -2.54. The molecule has 0 aliphatic carbocycles. The molecule has 1 aromatic heterocycles. The summed E-state index contributed by atoms with van der Waals surface area (Å²) in [6.45, 7) is 2.68. The lowest BCUT2D eigenvalue weighted by Gasteiger charge is -2.32. The van der Waals surface area contributed by atoms with Gasteiger partial charge in [-0.15, -0.1) is 11.3 Å². The van der Waals surface area contributed by atoms with Crippen molar-refractivity contribution in [3.05, 3.63) is 52.7 Å². The van der Waals surface area contributed by atoms with Crippen molar-refractivity contribution in [2.75, 3.05) is 26.2 Å². The Morgan fingerprint density at radius 1 is 1.07 bits per heavy atom. The summed E-state index contributed by atoms with van der Waals surface area (Å²) in [5.74, 6) is 1.12. The zero-order chi connectivity index (χ0) is 18.9. The van der Waals surface area contributed by atoms with Gasteiger partial charge in [-0.2, -0.15) is 0 Å². The minimum atomic E-state index is -0.141. The second kappa shape index (κ2) is 9.97. The van der Waals surface area contributed by atoms with Gasteiger partial charge in [-0.25, -0.2) is 4.79 Å². The van der Waals surface area contributed by atoms with E-state index in [0.717, 1.165) is 17.7 Å². The van der Waals surface area contributed by atoms with Crippen molar-refractivity contribution in [3.8, 4) is 5.75 Å². The molecular weight excluding hydrogens is 362 g/mol. The maximum Gasteiger partial charge on any atom is 0.315 e. The number of urea groups is 1. The van der Waals surface area contributed by atoms with E-state index in [1.807, 2.05) is 52.7 Å². The zero-order valence-electron chi connectivity index (χ0n) is 15.2. The molecule has 3 rings (SSSR count). The van der Waals surface area contributed by atoms with Crippen molar-refractivity contribution in [2.45, 2.75) is 19.4 Å². The van der Waals surface area contributed by atoms with Crippen LogP contribution in [0.15, 0.2) is 47.8 Å². The lowest BCUT2D eigenvalue weighted by molar-refractivity contribution is -0.134. The Morgan fingerprint density at radius 2 is 1.85 bits per heavy atom. The number of hydrogen-bond donors (Lipinski definition) is 2. The van der Waals surface area contributed by atoms with Crippen LogP contribution in [0, 0.1) is 5.92 Å². The fourth-order valence-electron chi connectivity index (χ4n) is 3.02. The van der Waals surface area contributed by atoms with Crippen LogP contribution in [0.2, 0.25) is 0 Å². The van der Waals surface area contributed by atoms with E-state index in [4.69, 9.17) is 4.74 Å². The number of piperidine rings is 1. The van der Waals surface area contributed by atoms with Crippen LogP contribution >= 0.6 is 11.3 Å². The molecule has 6 nitrogen and oxygen atoms in total. The molecule has 144 valence electrons. The van der Waals surface area contributed by atoms with Gasteiger partial charge in [-0.1, -0.05) is 24.3 Å². The third-order valence-corrected chi connectivity index (χ3v) is 5.50. The average Bonchev–Trinajstić information content (AvgIpc) is 3.24. The SMILES string of the molecule is O=C(NCc1cccs1)NCC1CCN(C(=O)COc2ccccc2)CC1. The van der Waals surface area contributed by atoms with Gasteiger partial charge in [-0.3, -0.25) is 4.79 Å². The number of hydrogen-bond acceptors (Lipinski definition) is 4. The first-order valence-corrected chi connectivity index (χ1v) is 10.1. The average molecular weight is 388 g/mol. The topological polar surface area (TPSA) is 70.7 Å². The van der Waals surface area contributed by atoms with Crippen LogP contribution in [-0.4, -0.2) is 43.1 Å². The minimum absolute atomic E-state index is 0.0129. The Labute approximate surface area is 163 Å². The van der Waals surface area contributed by atoms with Crippen molar-refractivity contribution in [2.24, 2.45) is 5.92 Å². The number of nitrogens with one attached hydrogen (secondary N) is 2. The van der Waals surface area contributed by atoms with Gasteiger partial charge in [0, 0.05) is 24.5 Å². The van der Waals surface area contributed by atoms with Crippen molar-refractivity contribution in [3.63, 3.8) is 0 Å². The summed E-state index contributed by atoms with van der Waals surface area (Å²) in [6, 6.07) is 13.2. The molecule has 2 aromatic rings. The summed E-state index contributed by atoms with van der Waals surface area (Å²) in [4.78, 5) is 27.1. The van der Waals surface area contributed by atoms with Gasteiger partial charge in [0.05, 0.1) is 6.54 Å². The van der Waals surface area contributed by atoms with Gasteiger partial charge in [0.1, 0.15) is 5.75 Å². The largest absolute Gasteiger partial charge is 0.484 e. The van der Waals surface area contributed by atoms with E-state index in [1.54, 1.807) is 11.3 Å². The van der Waals surface area contributed by atoms with Crippen LogP contribution in [-0.2, 0) is 11.3 Å². The first-order valence-electron chi connectivity index (χ1n) is 9.20. The molecule has 1 aromatic carbocycles. The molecular formula is C20H25N3O3S. The van der Waals surface area contributed by atoms with E-state index >= 15 is 0 Å². The summed E-state index contributed by atoms with van der Waals surface area (Å²) in [6.07, 6.45) is 1.78. The van der Waals surface area contributed by atoms with E-state index < -0.39 is 0 Å².